The second-order valence-corrected chi connectivity index (χ2v) is 9.44. The first-order valence-corrected chi connectivity index (χ1v) is 11.2. The molecule has 0 saturated heterocycles. The number of thioether (sulfide) groups is 3. The monoisotopic (exact) mass is 376 g/mol. The van der Waals surface area contributed by atoms with Crippen LogP contribution in [0.3, 0.4) is 0 Å². The summed E-state index contributed by atoms with van der Waals surface area (Å²) in [7, 11) is 0. The zero-order valence-electron chi connectivity index (χ0n) is 14.0. The van der Waals surface area contributed by atoms with E-state index in [2.05, 4.69) is 32.9 Å². The molecule has 7 heteroatoms. The third kappa shape index (κ3) is 3.44. The fourth-order valence-electron chi connectivity index (χ4n) is 2.73. The molecule has 0 N–H and O–H groups in total. The molecule has 0 aliphatic carbocycles. The van der Waals surface area contributed by atoms with Gasteiger partial charge in [0.2, 0.25) is 0 Å². The van der Waals surface area contributed by atoms with Gasteiger partial charge in [0.1, 0.15) is 10.1 Å². The smallest absolute Gasteiger partial charge is 0.117 e. The van der Waals surface area contributed by atoms with E-state index in [4.69, 9.17) is 20.0 Å². The van der Waals surface area contributed by atoms with E-state index in [1.165, 1.54) is 0 Å². The van der Waals surface area contributed by atoms with E-state index in [-0.39, 0.29) is 0 Å². The quantitative estimate of drug-likeness (QED) is 0.807. The Kier molecular flexibility index (Phi) is 4.75. The largest absolute Gasteiger partial charge is 0.274 e. The summed E-state index contributed by atoms with van der Waals surface area (Å²) in [5, 5.41) is 3.23. The SMILES string of the molecule is C[C@@H]1CSC(c2cc(C3=N[C@H](C)CS3)nc(C3=N[C@H](C)CS3)c2)=N1. The lowest BCUT2D eigenvalue weighted by Gasteiger charge is -2.08. The molecular formula is C17H20N4S3. The zero-order valence-corrected chi connectivity index (χ0v) is 16.5. The van der Waals surface area contributed by atoms with Crippen LogP contribution in [0.15, 0.2) is 27.1 Å². The molecule has 4 nitrogen and oxygen atoms in total. The normalized spacial score (nSPS) is 29.6. The van der Waals surface area contributed by atoms with Crippen molar-refractivity contribution < 1.29 is 0 Å². The fraction of sp³-hybridized carbons (Fsp3) is 0.529. The van der Waals surface area contributed by atoms with Crippen LogP contribution in [-0.2, 0) is 0 Å². The maximum absolute atomic E-state index is 4.89. The van der Waals surface area contributed by atoms with Crippen LogP contribution >= 0.6 is 35.3 Å². The number of rotatable bonds is 3. The maximum Gasteiger partial charge on any atom is 0.117 e. The van der Waals surface area contributed by atoms with Crippen LogP contribution in [0.25, 0.3) is 0 Å². The summed E-state index contributed by atoms with van der Waals surface area (Å²) < 4.78 is 0. The minimum atomic E-state index is 0.371. The molecule has 0 aromatic carbocycles. The number of nitrogens with zero attached hydrogens (tertiary/aromatic N) is 4. The Morgan fingerprint density at radius 3 is 1.50 bits per heavy atom. The molecule has 126 valence electrons. The van der Waals surface area contributed by atoms with Gasteiger partial charge in [0.05, 0.1) is 34.6 Å². The molecule has 0 spiro atoms. The van der Waals surface area contributed by atoms with E-state index >= 15 is 0 Å². The van der Waals surface area contributed by atoms with Crippen molar-refractivity contribution in [3.63, 3.8) is 0 Å². The first-order chi connectivity index (χ1) is 11.6. The highest BCUT2D eigenvalue weighted by Crippen LogP contribution is 2.29. The van der Waals surface area contributed by atoms with Crippen molar-refractivity contribution in [1.29, 1.82) is 0 Å². The van der Waals surface area contributed by atoms with Crippen molar-refractivity contribution in [2.45, 2.75) is 38.9 Å². The third-order valence-electron chi connectivity index (χ3n) is 3.91. The number of hydrogen-bond donors (Lipinski definition) is 0. The highest BCUT2D eigenvalue weighted by atomic mass is 32.2. The first-order valence-electron chi connectivity index (χ1n) is 8.23. The summed E-state index contributed by atoms with van der Waals surface area (Å²) in [5.74, 6) is 3.13. The van der Waals surface area contributed by atoms with Gasteiger partial charge in [-0.3, -0.25) is 15.0 Å². The van der Waals surface area contributed by atoms with Gasteiger partial charge in [-0.25, -0.2) is 4.98 Å². The molecule has 0 amide bonds. The summed E-state index contributed by atoms with van der Waals surface area (Å²) in [5.41, 5.74) is 3.11. The molecule has 24 heavy (non-hydrogen) atoms. The van der Waals surface area contributed by atoms with Crippen LogP contribution in [-0.4, -0.2) is 55.5 Å². The Balaban J connectivity index is 1.78. The van der Waals surface area contributed by atoms with Crippen molar-refractivity contribution in [3.05, 3.63) is 29.1 Å². The highest BCUT2D eigenvalue weighted by Gasteiger charge is 2.24. The summed E-state index contributed by atoms with van der Waals surface area (Å²) in [6.45, 7) is 6.48. The molecule has 3 atom stereocenters. The summed E-state index contributed by atoms with van der Waals surface area (Å²) in [6.07, 6.45) is 0. The molecule has 0 saturated carbocycles. The second-order valence-electron chi connectivity index (χ2n) is 6.41. The van der Waals surface area contributed by atoms with E-state index in [0.29, 0.717) is 18.1 Å². The van der Waals surface area contributed by atoms with Crippen LogP contribution in [0.5, 0.6) is 0 Å². The Hall–Kier alpha value is -0.790. The third-order valence-corrected chi connectivity index (χ3v) is 7.64. The minimum Gasteiger partial charge on any atom is -0.274 e. The van der Waals surface area contributed by atoms with Gasteiger partial charge in [-0.15, -0.1) is 35.3 Å². The molecule has 0 bridgehead atoms. The first kappa shape index (κ1) is 16.7. The lowest BCUT2D eigenvalue weighted by Crippen LogP contribution is -2.08. The molecule has 0 unspecified atom stereocenters. The lowest BCUT2D eigenvalue weighted by molar-refractivity contribution is 0.863. The number of aliphatic imine (C=N–C) groups is 3. The van der Waals surface area contributed by atoms with Gasteiger partial charge >= 0.3 is 0 Å². The maximum atomic E-state index is 4.89. The van der Waals surface area contributed by atoms with Crippen LogP contribution < -0.4 is 0 Å². The number of pyridine rings is 1. The van der Waals surface area contributed by atoms with Gasteiger partial charge in [0.25, 0.3) is 0 Å². The van der Waals surface area contributed by atoms with E-state index in [9.17, 15) is 0 Å². The predicted molar refractivity (Wildman–Crippen MR) is 110 cm³/mol. The zero-order chi connectivity index (χ0) is 16.7. The van der Waals surface area contributed by atoms with Crippen LogP contribution in [0.1, 0.15) is 37.7 Å². The molecular weight excluding hydrogens is 356 g/mol. The molecule has 0 fully saturated rings. The van der Waals surface area contributed by atoms with Gasteiger partial charge in [0, 0.05) is 22.8 Å². The Labute approximate surface area is 155 Å². The molecule has 4 heterocycles. The predicted octanol–water partition coefficient (Wildman–Crippen LogP) is 3.73. The molecule has 1 aromatic heterocycles. The standard InChI is InChI=1S/C17H20N4S3/c1-9-6-22-15(18-9)12-4-13(16-19-10(2)7-23-16)21-14(5-12)17-20-11(3)8-24-17/h4-5,9-11H,6-8H2,1-3H3/t9-,10-,11-/m1/s1. The van der Waals surface area contributed by atoms with Crippen molar-refractivity contribution in [1.82, 2.24) is 4.98 Å². The van der Waals surface area contributed by atoms with Crippen LogP contribution in [0, 0.1) is 0 Å². The van der Waals surface area contributed by atoms with Gasteiger partial charge in [-0.2, -0.15) is 0 Å². The molecule has 1 aromatic rings. The van der Waals surface area contributed by atoms with E-state index in [0.717, 1.165) is 49.3 Å². The topological polar surface area (TPSA) is 50.0 Å². The van der Waals surface area contributed by atoms with E-state index < -0.39 is 0 Å². The van der Waals surface area contributed by atoms with E-state index in [1.807, 2.05) is 11.8 Å². The van der Waals surface area contributed by atoms with Crippen LogP contribution in [0.4, 0.5) is 0 Å². The molecule has 3 aliphatic rings. The van der Waals surface area contributed by atoms with Crippen molar-refractivity contribution in [3.8, 4) is 0 Å². The van der Waals surface area contributed by atoms with Crippen molar-refractivity contribution in [2.24, 2.45) is 15.0 Å². The highest BCUT2D eigenvalue weighted by molar-refractivity contribution is 8.15. The second kappa shape index (κ2) is 6.84. The van der Waals surface area contributed by atoms with Gasteiger partial charge < -0.3 is 0 Å². The van der Waals surface area contributed by atoms with E-state index in [1.54, 1.807) is 23.5 Å². The minimum absolute atomic E-state index is 0.371. The number of hydrogen-bond acceptors (Lipinski definition) is 7. The van der Waals surface area contributed by atoms with Crippen LogP contribution in [0.2, 0.25) is 0 Å². The molecule has 0 radical (unpaired) electrons. The Morgan fingerprint density at radius 2 is 1.12 bits per heavy atom. The number of aromatic nitrogens is 1. The molecule has 3 aliphatic heterocycles. The summed E-state index contributed by atoms with van der Waals surface area (Å²) in [6, 6.07) is 5.44. The van der Waals surface area contributed by atoms with Gasteiger partial charge in [-0.1, -0.05) is 0 Å². The van der Waals surface area contributed by atoms with Gasteiger partial charge in [0.15, 0.2) is 0 Å². The summed E-state index contributed by atoms with van der Waals surface area (Å²) >= 11 is 5.44. The summed E-state index contributed by atoms with van der Waals surface area (Å²) in [4.78, 5) is 19.2. The average molecular weight is 377 g/mol. The van der Waals surface area contributed by atoms with Crippen molar-refractivity contribution in [2.75, 3.05) is 17.3 Å². The molecule has 4 rings (SSSR count). The Bertz CT molecular complexity index is 644. The van der Waals surface area contributed by atoms with Crippen molar-refractivity contribution >= 4 is 50.4 Å². The Morgan fingerprint density at radius 1 is 0.708 bits per heavy atom. The average Bonchev–Trinajstić information content (AvgIpc) is 3.28. The van der Waals surface area contributed by atoms with Gasteiger partial charge in [-0.05, 0) is 32.9 Å². The fourth-order valence-corrected chi connectivity index (χ4v) is 5.71. The lowest BCUT2D eigenvalue weighted by atomic mass is 10.2.